The molecule has 1 aromatic heterocycles. The predicted molar refractivity (Wildman–Crippen MR) is 99.6 cm³/mol. The zero-order valence-corrected chi connectivity index (χ0v) is 15.2. The van der Waals surface area contributed by atoms with E-state index in [4.69, 9.17) is 4.74 Å². The first-order valence-electron chi connectivity index (χ1n) is 9.28. The molecule has 0 bridgehead atoms. The van der Waals surface area contributed by atoms with Crippen molar-refractivity contribution in [3.05, 3.63) is 48.0 Å². The molecule has 1 N–H and O–H groups in total. The molecule has 5 nitrogen and oxygen atoms in total. The third kappa shape index (κ3) is 3.72. The molecule has 2 atom stereocenters. The summed E-state index contributed by atoms with van der Waals surface area (Å²) in [6.07, 6.45) is 7.33. The van der Waals surface area contributed by atoms with Crippen LogP contribution in [0.25, 0.3) is 0 Å². The zero-order valence-electron chi connectivity index (χ0n) is 15.2. The summed E-state index contributed by atoms with van der Waals surface area (Å²) in [5.74, 6) is 1.13. The standard InChI is InChI=1S/C20H28N4O/c1-16-5-3-6-17(11-16)22-18-12-20(25-14-18)7-4-9-24(15-20)13-19-21-8-10-23(19)2/h3,5-6,8,10-11,18,22H,4,7,9,12-15H2,1-2H3/t18-,20-/m0/s1. The first kappa shape index (κ1) is 16.6. The topological polar surface area (TPSA) is 42.3 Å². The van der Waals surface area contributed by atoms with Gasteiger partial charge in [0.15, 0.2) is 0 Å². The second kappa shape index (κ2) is 6.81. The first-order chi connectivity index (χ1) is 12.1. The average molecular weight is 340 g/mol. The average Bonchev–Trinajstić information content (AvgIpc) is 3.15. The molecule has 4 rings (SSSR count). The molecule has 0 unspecified atom stereocenters. The Morgan fingerprint density at radius 3 is 3.12 bits per heavy atom. The van der Waals surface area contributed by atoms with Crippen molar-refractivity contribution in [1.82, 2.24) is 14.5 Å². The Hall–Kier alpha value is -1.85. The van der Waals surface area contributed by atoms with Crippen LogP contribution in [0.2, 0.25) is 0 Å². The molecule has 0 saturated carbocycles. The highest BCUT2D eigenvalue weighted by Gasteiger charge is 2.43. The molecule has 0 aliphatic carbocycles. The van der Waals surface area contributed by atoms with Gasteiger partial charge in [-0.15, -0.1) is 0 Å². The van der Waals surface area contributed by atoms with Gasteiger partial charge in [-0.05, 0) is 50.4 Å². The maximum Gasteiger partial charge on any atom is 0.122 e. The Morgan fingerprint density at radius 2 is 2.32 bits per heavy atom. The van der Waals surface area contributed by atoms with Crippen molar-refractivity contribution in [2.75, 3.05) is 25.0 Å². The van der Waals surface area contributed by atoms with Crippen LogP contribution >= 0.6 is 0 Å². The number of nitrogens with one attached hydrogen (secondary N) is 1. The minimum atomic E-state index is 0.00487. The number of rotatable bonds is 4. The fraction of sp³-hybridized carbons (Fsp3) is 0.550. The Bertz CT molecular complexity index is 728. The van der Waals surface area contributed by atoms with Crippen molar-refractivity contribution >= 4 is 5.69 Å². The van der Waals surface area contributed by atoms with Crippen LogP contribution in [0.4, 0.5) is 5.69 Å². The van der Waals surface area contributed by atoms with Gasteiger partial charge in [-0.3, -0.25) is 4.90 Å². The SMILES string of the molecule is Cc1cccc(N[C@@H]2CO[C@@]3(CCCN(Cc4nccn4C)C3)C2)c1. The van der Waals surface area contributed by atoms with E-state index in [0.29, 0.717) is 6.04 Å². The van der Waals surface area contributed by atoms with E-state index in [9.17, 15) is 0 Å². The summed E-state index contributed by atoms with van der Waals surface area (Å²) in [7, 11) is 2.07. The first-order valence-corrected chi connectivity index (χ1v) is 9.28. The van der Waals surface area contributed by atoms with Crippen LogP contribution in [0.1, 0.15) is 30.7 Å². The van der Waals surface area contributed by atoms with E-state index < -0.39 is 0 Å². The summed E-state index contributed by atoms with van der Waals surface area (Å²) < 4.78 is 8.45. The normalized spacial score (nSPS) is 27.0. The minimum Gasteiger partial charge on any atom is -0.380 e. The molecular formula is C20H28N4O. The molecule has 0 amide bonds. The highest BCUT2D eigenvalue weighted by Crippen LogP contribution is 2.36. The van der Waals surface area contributed by atoms with E-state index in [0.717, 1.165) is 44.9 Å². The van der Waals surface area contributed by atoms with E-state index >= 15 is 0 Å². The van der Waals surface area contributed by atoms with Crippen LogP contribution in [0, 0.1) is 6.92 Å². The Labute approximate surface area is 150 Å². The molecule has 2 aliphatic heterocycles. The molecule has 1 spiro atoms. The number of piperidine rings is 1. The molecule has 1 aromatic carbocycles. The van der Waals surface area contributed by atoms with Crippen molar-refractivity contribution < 1.29 is 4.74 Å². The Morgan fingerprint density at radius 1 is 1.40 bits per heavy atom. The van der Waals surface area contributed by atoms with E-state index in [1.807, 2.05) is 12.4 Å². The van der Waals surface area contributed by atoms with Gasteiger partial charge in [-0.1, -0.05) is 12.1 Å². The van der Waals surface area contributed by atoms with Gasteiger partial charge in [0.2, 0.25) is 0 Å². The molecule has 5 heteroatoms. The summed E-state index contributed by atoms with van der Waals surface area (Å²) in [4.78, 5) is 6.97. The number of ether oxygens (including phenoxy) is 1. The van der Waals surface area contributed by atoms with Gasteiger partial charge in [-0.25, -0.2) is 4.98 Å². The van der Waals surface area contributed by atoms with Crippen LogP contribution in [-0.2, 0) is 18.3 Å². The Balaban J connectivity index is 1.38. The van der Waals surface area contributed by atoms with Crippen molar-refractivity contribution in [3.63, 3.8) is 0 Å². The van der Waals surface area contributed by atoms with Gasteiger partial charge in [0.1, 0.15) is 5.82 Å². The number of likely N-dealkylation sites (tertiary alicyclic amines) is 1. The Kier molecular flexibility index (Phi) is 4.52. The largest absolute Gasteiger partial charge is 0.380 e. The van der Waals surface area contributed by atoms with Crippen LogP contribution < -0.4 is 5.32 Å². The van der Waals surface area contributed by atoms with Crippen molar-refractivity contribution in [2.24, 2.45) is 7.05 Å². The number of imidazole rings is 1. The molecular weight excluding hydrogens is 312 g/mol. The smallest absolute Gasteiger partial charge is 0.122 e. The minimum absolute atomic E-state index is 0.00487. The van der Waals surface area contributed by atoms with Gasteiger partial charge >= 0.3 is 0 Å². The van der Waals surface area contributed by atoms with Crippen LogP contribution in [-0.4, -0.2) is 45.8 Å². The highest BCUT2D eigenvalue weighted by atomic mass is 16.5. The lowest BCUT2D eigenvalue weighted by Gasteiger charge is -2.39. The lowest BCUT2D eigenvalue weighted by molar-refractivity contribution is -0.0539. The quantitative estimate of drug-likeness (QED) is 0.929. The molecule has 0 radical (unpaired) electrons. The van der Waals surface area contributed by atoms with Crippen molar-refractivity contribution in [1.29, 1.82) is 0 Å². The zero-order chi connectivity index (χ0) is 17.3. The summed E-state index contributed by atoms with van der Waals surface area (Å²) in [6.45, 7) is 5.98. The van der Waals surface area contributed by atoms with Crippen LogP contribution in [0.3, 0.4) is 0 Å². The lowest BCUT2D eigenvalue weighted by Crippen LogP contribution is -2.48. The third-order valence-electron chi connectivity index (χ3n) is 5.50. The maximum absolute atomic E-state index is 6.34. The van der Waals surface area contributed by atoms with Gasteiger partial charge in [0, 0.05) is 31.7 Å². The monoisotopic (exact) mass is 340 g/mol. The number of benzene rings is 1. The molecule has 134 valence electrons. The van der Waals surface area contributed by atoms with Crippen LogP contribution in [0.5, 0.6) is 0 Å². The van der Waals surface area contributed by atoms with Gasteiger partial charge < -0.3 is 14.6 Å². The second-order valence-corrected chi connectivity index (χ2v) is 7.68. The molecule has 2 aromatic rings. The number of nitrogens with zero attached hydrogens (tertiary/aromatic N) is 3. The van der Waals surface area contributed by atoms with Crippen molar-refractivity contribution in [3.8, 4) is 0 Å². The summed E-state index contributed by atoms with van der Waals surface area (Å²) in [5, 5.41) is 3.66. The molecule has 25 heavy (non-hydrogen) atoms. The number of aromatic nitrogens is 2. The highest BCUT2D eigenvalue weighted by molar-refractivity contribution is 5.46. The lowest BCUT2D eigenvalue weighted by atomic mass is 9.88. The molecule has 2 fully saturated rings. The maximum atomic E-state index is 6.34. The van der Waals surface area contributed by atoms with Gasteiger partial charge in [0.25, 0.3) is 0 Å². The summed E-state index contributed by atoms with van der Waals surface area (Å²) >= 11 is 0. The van der Waals surface area contributed by atoms with E-state index in [2.05, 4.69) is 58.0 Å². The third-order valence-corrected chi connectivity index (χ3v) is 5.50. The van der Waals surface area contributed by atoms with Crippen LogP contribution in [0.15, 0.2) is 36.7 Å². The van der Waals surface area contributed by atoms with E-state index in [1.165, 1.54) is 17.7 Å². The molecule has 3 heterocycles. The van der Waals surface area contributed by atoms with E-state index in [-0.39, 0.29) is 5.60 Å². The van der Waals surface area contributed by atoms with Gasteiger partial charge in [-0.2, -0.15) is 0 Å². The molecule has 2 aliphatic rings. The fourth-order valence-corrected chi connectivity index (χ4v) is 4.27. The number of hydrogen-bond acceptors (Lipinski definition) is 4. The van der Waals surface area contributed by atoms with Crippen molar-refractivity contribution in [2.45, 2.75) is 44.4 Å². The number of hydrogen-bond donors (Lipinski definition) is 1. The summed E-state index contributed by atoms with van der Waals surface area (Å²) in [6, 6.07) is 8.99. The summed E-state index contributed by atoms with van der Waals surface area (Å²) in [5.41, 5.74) is 2.49. The van der Waals surface area contributed by atoms with Gasteiger partial charge in [0.05, 0.1) is 24.8 Å². The number of aryl methyl sites for hydroxylation is 2. The second-order valence-electron chi connectivity index (χ2n) is 7.68. The molecule has 2 saturated heterocycles. The predicted octanol–water partition coefficient (Wildman–Crippen LogP) is 2.96. The fourth-order valence-electron chi connectivity index (χ4n) is 4.27. The van der Waals surface area contributed by atoms with E-state index in [1.54, 1.807) is 0 Å². The number of anilines is 1.